The predicted octanol–water partition coefficient (Wildman–Crippen LogP) is 1.39. The SMILES string of the molecule is COC(=O)C(C)C(C)Nc1cccc(C(N)=O)c1. The molecule has 1 amide bonds. The molecule has 0 saturated carbocycles. The smallest absolute Gasteiger partial charge is 0.310 e. The normalized spacial score (nSPS) is 13.5. The molecule has 3 N–H and O–H groups in total. The number of esters is 1. The van der Waals surface area contributed by atoms with Crippen molar-refractivity contribution in [1.29, 1.82) is 0 Å². The van der Waals surface area contributed by atoms with E-state index in [0.29, 0.717) is 5.56 Å². The molecule has 0 aliphatic carbocycles. The lowest BCUT2D eigenvalue weighted by molar-refractivity contribution is -0.145. The van der Waals surface area contributed by atoms with E-state index in [1.54, 1.807) is 25.1 Å². The van der Waals surface area contributed by atoms with E-state index >= 15 is 0 Å². The molecule has 0 bridgehead atoms. The average Bonchev–Trinajstić information content (AvgIpc) is 2.37. The van der Waals surface area contributed by atoms with Crippen LogP contribution in [0.2, 0.25) is 0 Å². The summed E-state index contributed by atoms with van der Waals surface area (Å²) >= 11 is 0. The number of hydrogen-bond donors (Lipinski definition) is 2. The minimum atomic E-state index is -0.479. The maximum absolute atomic E-state index is 11.4. The van der Waals surface area contributed by atoms with Gasteiger partial charge < -0.3 is 15.8 Å². The number of methoxy groups -OCH3 is 1. The molecule has 0 aromatic heterocycles. The molecule has 0 aliphatic heterocycles. The summed E-state index contributed by atoms with van der Waals surface area (Å²) in [5.74, 6) is -1.04. The number of rotatable bonds is 5. The highest BCUT2D eigenvalue weighted by Crippen LogP contribution is 2.15. The van der Waals surface area contributed by atoms with Crippen LogP contribution >= 0.6 is 0 Å². The lowest BCUT2D eigenvalue weighted by Gasteiger charge is -2.20. The van der Waals surface area contributed by atoms with Gasteiger partial charge in [-0.15, -0.1) is 0 Å². The summed E-state index contributed by atoms with van der Waals surface area (Å²) in [7, 11) is 1.36. The van der Waals surface area contributed by atoms with Crippen LogP contribution in [0.1, 0.15) is 24.2 Å². The van der Waals surface area contributed by atoms with E-state index in [9.17, 15) is 9.59 Å². The van der Waals surface area contributed by atoms with Crippen LogP contribution in [0.5, 0.6) is 0 Å². The van der Waals surface area contributed by atoms with Crippen LogP contribution < -0.4 is 11.1 Å². The van der Waals surface area contributed by atoms with E-state index in [-0.39, 0.29) is 17.9 Å². The molecule has 0 fully saturated rings. The van der Waals surface area contributed by atoms with Gasteiger partial charge in [-0.25, -0.2) is 0 Å². The molecule has 0 heterocycles. The first-order valence-corrected chi connectivity index (χ1v) is 5.70. The van der Waals surface area contributed by atoms with Crippen molar-refractivity contribution in [3.63, 3.8) is 0 Å². The largest absolute Gasteiger partial charge is 0.469 e. The van der Waals surface area contributed by atoms with Crippen LogP contribution in [-0.4, -0.2) is 25.0 Å². The summed E-state index contributed by atoms with van der Waals surface area (Å²) in [5, 5.41) is 3.14. The van der Waals surface area contributed by atoms with Gasteiger partial charge in [0.1, 0.15) is 0 Å². The molecule has 1 rings (SSSR count). The lowest BCUT2D eigenvalue weighted by Crippen LogP contribution is -2.30. The van der Waals surface area contributed by atoms with Crippen molar-refractivity contribution in [1.82, 2.24) is 0 Å². The Labute approximate surface area is 106 Å². The number of anilines is 1. The minimum absolute atomic E-state index is 0.111. The van der Waals surface area contributed by atoms with Crippen LogP contribution in [0.25, 0.3) is 0 Å². The van der Waals surface area contributed by atoms with Gasteiger partial charge in [0.05, 0.1) is 13.0 Å². The molecule has 2 atom stereocenters. The van der Waals surface area contributed by atoms with Crippen LogP contribution in [-0.2, 0) is 9.53 Å². The van der Waals surface area contributed by atoms with Crippen molar-refractivity contribution in [3.8, 4) is 0 Å². The maximum Gasteiger partial charge on any atom is 0.310 e. The number of nitrogens with two attached hydrogens (primary N) is 1. The molecule has 0 spiro atoms. The second kappa shape index (κ2) is 6.05. The fraction of sp³-hybridized carbons (Fsp3) is 0.385. The average molecular weight is 250 g/mol. The Morgan fingerprint density at radius 1 is 1.33 bits per heavy atom. The number of primary amides is 1. The van der Waals surface area contributed by atoms with Gasteiger partial charge in [-0.05, 0) is 32.0 Å². The fourth-order valence-corrected chi connectivity index (χ4v) is 1.54. The summed E-state index contributed by atoms with van der Waals surface area (Å²) in [6.07, 6.45) is 0. The summed E-state index contributed by atoms with van der Waals surface area (Å²) in [5.41, 5.74) is 6.38. The van der Waals surface area contributed by atoms with E-state index in [1.807, 2.05) is 13.0 Å². The van der Waals surface area contributed by atoms with E-state index in [1.165, 1.54) is 7.11 Å². The number of hydrogen-bond acceptors (Lipinski definition) is 4. The maximum atomic E-state index is 11.4. The number of benzene rings is 1. The van der Waals surface area contributed by atoms with Crippen LogP contribution in [0.4, 0.5) is 5.69 Å². The van der Waals surface area contributed by atoms with Crippen molar-refractivity contribution in [3.05, 3.63) is 29.8 Å². The Hall–Kier alpha value is -2.04. The Morgan fingerprint density at radius 3 is 2.56 bits per heavy atom. The van der Waals surface area contributed by atoms with Crippen LogP contribution in [0.3, 0.4) is 0 Å². The molecule has 0 radical (unpaired) electrons. The third-order valence-corrected chi connectivity index (χ3v) is 2.86. The van der Waals surface area contributed by atoms with Crippen molar-refractivity contribution >= 4 is 17.6 Å². The number of nitrogens with one attached hydrogen (secondary N) is 1. The Kier molecular flexibility index (Phi) is 4.71. The van der Waals surface area contributed by atoms with Crippen molar-refractivity contribution in [2.24, 2.45) is 11.7 Å². The third-order valence-electron chi connectivity index (χ3n) is 2.86. The molecule has 2 unspecified atom stereocenters. The standard InChI is InChI=1S/C13H18N2O3/c1-8(13(17)18-3)9(2)15-11-6-4-5-10(7-11)12(14)16/h4-9,15H,1-3H3,(H2,14,16). The van der Waals surface area contributed by atoms with Crippen LogP contribution in [0.15, 0.2) is 24.3 Å². The van der Waals surface area contributed by atoms with Crippen molar-refractivity contribution in [2.45, 2.75) is 19.9 Å². The van der Waals surface area contributed by atoms with Gasteiger partial charge in [-0.3, -0.25) is 9.59 Å². The van der Waals surface area contributed by atoms with Gasteiger partial charge in [-0.2, -0.15) is 0 Å². The summed E-state index contributed by atoms with van der Waals surface area (Å²) in [6.45, 7) is 3.65. The van der Waals surface area contributed by atoms with Gasteiger partial charge in [0, 0.05) is 17.3 Å². The molecule has 0 aliphatic rings. The molecule has 1 aromatic rings. The molecule has 18 heavy (non-hydrogen) atoms. The summed E-state index contributed by atoms with van der Waals surface area (Å²) < 4.78 is 4.68. The van der Waals surface area contributed by atoms with Crippen molar-refractivity contribution in [2.75, 3.05) is 12.4 Å². The van der Waals surface area contributed by atoms with Gasteiger partial charge >= 0.3 is 5.97 Å². The highest BCUT2D eigenvalue weighted by molar-refractivity contribution is 5.93. The molecular weight excluding hydrogens is 232 g/mol. The van der Waals surface area contributed by atoms with Gasteiger partial charge in [-0.1, -0.05) is 6.07 Å². The Morgan fingerprint density at radius 2 is 2.00 bits per heavy atom. The topological polar surface area (TPSA) is 81.4 Å². The Bertz CT molecular complexity index is 446. The molecule has 5 heteroatoms. The highest BCUT2D eigenvalue weighted by Gasteiger charge is 2.20. The molecule has 1 aromatic carbocycles. The number of carbonyl (C=O) groups excluding carboxylic acids is 2. The zero-order valence-corrected chi connectivity index (χ0v) is 10.8. The molecular formula is C13H18N2O3. The van der Waals surface area contributed by atoms with E-state index < -0.39 is 5.91 Å². The highest BCUT2D eigenvalue weighted by atomic mass is 16.5. The monoisotopic (exact) mass is 250 g/mol. The van der Waals surface area contributed by atoms with Gasteiger partial charge in [0.15, 0.2) is 0 Å². The molecule has 5 nitrogen and oxygen atoms in total. The summed E-state index contributed by atoms with van der Waals surface area (Å²) in [4.78, 5) is 22.4. The van der Waals surface area contributed by atoms with Crippen molar-refractivity contribution < 1.29 is 14.3 Å². The van der Waals surface area contributed by atoms with Gasteiger partial charge in [0.25, 0.3) is 0 Å². The molecule has 98 valence electrons. The van der Waals surface area contributed by atoms with E-state index in [4.69, 9.17) is 5.73 Å². The lowest BCUT2D eigenvalue weighted by atomic mass is 10.0. The predicted molar refractivity (Wildman–Crippen MR) is 69.2 cm³/mol. The number of amides is 1. The zero-order chi connectivity index (χ0) is 13.7. The van der Waals surface area contributed by atoms with Gasteiger partial charge in [0.2, 0.25) is 5.91 Å². The third kappa shape index (κ3) is 3.48. The number of ether oxygens (including phenoxy) is 1. The first-order valence-electron chi connectivity index (χ1n) is 5.70. The second-order valence-corrected chi connectivity index (χ2v) is 4.19. The quantitative estimate of drug-likeness (QED) is 0.774. The summed E-state index contributed by atoms with van der Waals surface area (Å²) in [6, 6.07) is 6.73. The zero-order valence-electron chi connectivity index (χ0n) is 10.8. The Balaban J connectivity index is 2.75. The number of carbonyl (C=O) groups is 2. The van der Waals surface area contributed by atoms with E-state index in [2.05, 4.69) is 10.1 Å². The fourth-order valence-electron chi connectivity index (χ4n) is 1.54. The first-order chi connectivity index (χ1) is 8.45. The second-order valence-electron chi connectivity index (χ2n) is 4.19. The first kappa shape index (κ1) is 14.0. The minimum Gasteiger partial charge on any atom is -0.469 e. The van der Waals surface area contributed by atoms with Crippen LogP contribution in [0, 0.1) is 5.92 Å². The van der Waals surface area contributed by atoms with E-state index in [0.717, 1.165) is 5.69 Å². The molecule has 0 saturated heterocycles.